The van der Waals surface area contributed by atoms with Gasteiger partial charge < -0.3 is 10.1 Å². The highest BCUT2D eigenvalue weighted by Gasteiger charge is 2.35. The van der Waals surface area contributed by atoms with E-state index in [-0.39, 0.29) is 6.10 Å². The zero-order chi connectivity index (χ0) is 9.19. The van der Waals surface area contributed by atoms with E-state index in [1.807, 2.05) is 0 Å². The second-order valence-electron chi connectivity index (χ2n) is 2.52. The molecule has 70 valence electrons. The first-order chi connectivity index (χ1) is 5.50. The van der Waals surface area contributed by atoms with Gasteiger partial charge >= 0.3 is 5.97 Å². The Morgan fingerprint density at radius 1 is 1.50 bits per heavy atom. The molecule has 1 aliphatic heterocycles. The standard InChI is InChI=1S/C6H8Cl3NO2/c7-6(8,9)5(11)12-4-1-2-10-3-4/h4,10H,1-3H2/t4-/m1/s1. The van der Waals surface area contributed by atoms with Crippen molar-refractivity contribution < 1.29 is 9.53 Å². The van der Waals surface area contributed by atoms with E-state index in [0.29, 0.717) is 6.54 Å². The number of carbonyl (C=O) groups is 1. The van der Waals surface area contributed by atoms with Crippen molar-refractivity contribution in [1.82, 2.24) is 5.32 Å². The number of alkyl halides is 3. The number of nitrogens with one attached hydrogen (secondary N) is 1. The number of rotatable bonds is 1. The first-order valence-electron chi connectivity index (χ1n) is 3.48. The van der Waals surface area contributed by atoms with E-state index in [1.165, 1.54) is 0 Å². The Balaban J connectivity index is 2.35. The normalized spacial score (nSPS) is 24.1. The average molecular weight is 232 g/mol. The van der Waals surface area contributed by atoms with Crippen LogP contribution in [0.3, 0.4) is 0 Å². The van der Waals surface area contributed by atoms with Gasteiger partial charge in [-0.15, -0.1) is 0 Å². The molecule has 0 radical (unpaired) electrons. The highest BCUT2D eigenvalue weighted by Crippen LogP contribution is 2.28. The number of carbonyl (C=O) groups excluding carboxylic acids is 1. The van der Waals surface area contributed by atoms with Crippen LogP contribution in [0.1, 0.15) is 6.42 Å². The van der Waals surface area contributed by atoms with Crippen LogP contribution in [-0.4, -0.2) is 29.0 Å². The Kier molecular flexibility index (Phi) is 3.47. The molecule has 1 heterocycles. The predicted molar refractivity (Wildman–Crippen MR) is 47.7 cm³/mol. The van der Waals surface area contributed by atoms with Gasteiger partial charge in [0.15, 0.2) is 0 Å². The molecule has 0 bridgehead atoms. The summed E-state index contributed by atoms with van der Waals surface area (Å²) >= 11 is 15.9. The third-order valence-corrected chi connectivity index (χ3v) is 1.98. The molecule has 0 aromatic carbocycles. The van der Waals surface area contributed by atoms with Crippen molar-refractivity contribution in [2.45, 2.75) is 16.3 Å². The molecule has 0 unspecified atom stereocenters. The summed E-state index contributed by atoms with van der Waals surface area (Å²) in [6, 6.07) is 0. The van der Waals surface area contributed by atoms with Gasteiger partial charge in [0, 0.05) is 6.54 Å². The Labute approximate surface area is 85.3 Å². The molecule has 0 aromatic rings. The highest BCUT2D eigenvalue weighted by atomic mass is 35.6. The zero-order valence-electron chi connectivity index (χ0n) is 6.15. The lowest BCUT2D eigenvalue weighted by molar-refractivity contribution is -0.146. The van der Waals surface area contributed by atoms with Gasteiger partial charge in [0.05, 0.1) is 0 Å². The number of esters is 1. The van der Waals surface area contributed by atoms with Crippen LogP contribution in [0.2, 0.25) is 0 Å². The Morgan fingerprint density at radius 2 is 2.17 bits per heavy atom. The molecule has 12 heavy (non-hydrogen) atoms. The summed E-state index contributed by atoms with van der Waals surface area (Å²) in [5.41, 5.74) is 0. The van der Waals surface area contributed by atoms with E-state index in [4.69, 9.17) is 39.5 Å². The predicted octanol–water partition coefficient (Wildman–Crippen LogP) is 1.26. The maximum absolute atomic E-state index is 11.0. The fourth-order valence-corrected chi connectivity index (χ4v) is 1.08. The van der Waals surface area contributed by atoms with Gasteiger partial charge in [-0.25, -0.2) is 4.79 Å². The summed E-state index contributed by atoms with van der Waals surface area (Å²) in [6.45, 7) is 1.46. The van der Waals surface area contributed by atoms with Crippen LogP contribution in [0.25, 0.3) is 0 Å². The smallest absolute Gasteiger partial charge is 0.358 e. The Hall–Kier alpha value is 0.300. The van der Waals surface area contributed by atoms with Crippen molar-refractivity contribution in [3.05, 3.63) is 0 Å². The molecule has 3 nitrogen and oxygen atoms in total. The van der Waals surface area contributed by atoms with Gasteiger partial charge in [0.2, 0.25) is 0 Å². The molecule has 0 amide bonds. The van der Waals surface area contributed by atoms with E-state index in [0.717, 1.165) is 13.0 Å². The van der Waals surface area contributed by atoms with Gasteiger partial charge in [-0.3, -0.25) is 0 Å². The van der Waals surface area contributed by atoms with Gasteiger partial charge in [0.1, 0.15) is 6.10 Å². The van der Waals surface area contributed by atoms with Crippen LogP contribution in [0, 0.1) is 0 Å². The SMILES string of the molecule is O=C(O[C@@H]1CCNC1)C(Cl)(Cl)Cl. The first-order valence-corrected chi connectivity index (χ1v) is 4.62. The summed E-state index contributed by atoms with van der Waals surface area (Å²) in [4.78, 5) is 11.0. The summed E-state index contributed by atoms with van der Waals surface area (Å²) in [5.74, 6) is -0.804. The first kappa shape index (κ1) is 10.4. The van der Waals surface area contributed by atoms with Gasteiger partial charge in [0.25, 0.3) is 3.79 Å². The number of hydrogen-bond acceptors (Lipinski definition) is 3. The fraction of sp³-hybridized carbons (Fsp3) is 0.833. The van der Waals surface area contributed by atoms with Crippen molar-refractivity contribution in [2.75, 3.05) is 13.1 Å². The summed E-state index contributed by atoms with van der Waals surface area (Å²) in [7, 11) is 0. The minimum absolute atomic E-state index is 0.159. The molecule has 0 saturated carbocycles. The zero-order valence-corrected chi connectivity index (χ0v) is 8.42. The van der Waals surface area contributed by atoms with Crippen molar-refractivity contribution >= 4 is 40.8 Å². The van der Waals surface area contributed by atoms with E-state index >= 15 is 0 Å². The van der Waals surface area contributed by atoms with Crippen LogP contribution < -0.4 is 5.32 Å². The molecular weight excluding hydrogens is 224 g/mol. The average Bonchev–Trinajstić information content (AvgIpc) is 2.37. The molecule has 1 atom stereocenters. The van der Waals surface area contributed by atoms with Gasteiger partial charge in [-0.2, -0.15) is 0 Å². The van der Waals surface area contributed by atoms with Crippen LogP contribution in [0.15, 0.2) is 0 Å². The molecule has 0 aromatic heterocycles. The van der Waals surface area contributed by atoms with Crippen LogP contribution in [0.4, 0.5) is 0 Å². The van der Waals surface area contributed by atoms with Crippen LogP contribution >= 0.6 is 34.8 Å². The molecular formula is C6H8Cl3NO2. The number of ether oxygens (including phenoxy) is 1. The lowest BCUT2D eigenvalue weighted by atomic mass is 10.3. The van der Waals surface area contributed by atoms with Crippen molar-refractivity contribution in [1.29, 1.82) is 0 Å². The summed E-state index contributed by atoms with van der Waals surface area (Å²) in [6.07, 6.45) is 0.611. The van der Waals surface area contributed by atoms with E-state index in [2.05, 4.69) is 5.32 Å². The molecule has 6 heteroatoms. The minimum atomic E-state index is -1.96. The lowest BCUT2D eigenvalue weighted by Gasteiger charge is -2.14. The highest BCUT2D eigenvalue weighted by molar-refractivity contribution is 6.75. The summed E-state index contributed by atoms with van der Waals surface area (Å²) in [5, 5.41) is 3.02. The molecule has 1 N–H and O–H groups in total. The lowest BCUT2D eigenvalue weighted by Crippen LogP contribution is -2.28. The van der Waals surface area contributed by atoms with Crippen molar-refractivity contribution in [3.63, 3.8) is 0 Å². The maximum atomic E-state index is 11.0. The van der Waals surface area contributed by atoms with Crippen LogP contribution in [0.5, 0.6) is 0 Å². The quantitative estimate of drug-likeness (QED) is 0.546. The molecule has 0 spiro atoms. The third kappa shape index (κ3) is 2.98. The maximum Gasteiger partial charge on any atom is 0.358 e. The fourth-order valence-electron chi connectivity index (χ4n) is 0.947. The van der Waals surface area contributed by atoms with E-state index < -0.39 is 9.76 Å². The molecule has 1 fully saturated rings. The topological polar surface area (TPSA) is 38.3 Å². The third-order valence-electron chi connectivity index (χ3n) is 1.52. The second kappa shape index (κ2) is 4.01. The minimum Gasteiger partial charge on any atom is -0.458 e. The molecule has 1 saturated heterocycles. The van der Waals surface area contributed by atoms with Crippen molar-refractivity contribution in [3.8, 4) is 0 Å². The monoisotopic (exact) mass is 231 g/mol. The van der Waals surface area contributed by atoms with Crippen LogP contribution in [-0.2, 0) is 9.53 Å². The Bertz CT molecular complexity index is 174. The molecule has 1 aliphatic rings. The van der Waals surface area contributed by atoms with Gasteiger partial charge in [-0.05, 0) is 13.0 Å². The molecule has 0 aliphatic carbocycles. The van der Waals surface area contributed by atoms with Gasteiger partial charge in [-0.1, -0.05) is 34.8 Å². The summed E-state index contributed by atoms with van der Waals surface area (Å²) < 4.78 is 2.92. The Morgan fingerprint density at radius 3 is 2.58 bits per heavy atom. The van der Waals surface area contributed by atoms with E-state index in [1.54, 1.807) is 0 Å². The van der Waals surface area contributed by atoms with Crippen molar-refractivity contribution in [2.24, 2.45) is 0 Å². The van der Waals surface area contributed by atoms with E-state index in [9.17, 15) is 4.79 Å². The molecule has 1 rings (SSSR count). The second-order valence-corrected chi connectivity index (χ2v) is 4.80. The number of hydrogen-bond donors (Lipinski definition) is 1. The number of halogens is 3. The largest absolute Gasteiger partial charge is 0.458 e.